The van der Waals surface area contributed by atoms with E-state index in [1.807, 2.05) is 18.2 Å². The molecular weight excluding hydrogens is 187 g/mol. The van der Waals surface area contributed by atoms with Crippen molar-refractivity contribution >= 4 is 5.57 Å². The predicted octanol–water partition coefficient (Wildman–Crippen LogP) is 4.20. The number of benzene rings is 1. The van der Waals surface area contributed by atoms with Gasteiger partial charge in [0.2, 0.25) is 0 Å². The molecule has 0 aromatic heterocycles. The van der Waals surface area contributed by atoms with Crippen molar-refractivity contribution in [3.8, 4) is 0 Å². The van der Waals surface area contributed by atoms with Gasteiger partial charge in [-0.3, -0.25) is 0 Å². The molecule has 1 aromatic rings. The van der Waals surface area contributed by atoms with Gasteiger partial charge < -0.3 is 0 Å². The lowest BCUT2D eigenvalue weighted by Gasteiger charge is -2.19. The highest BCUT2D eigenvalue weighted by Gasteiger charge is 2.15. The van der Waals surface area contributed by atoms with Crippen molar-refractivity contribution in [2.45, 2.75) is 20.3 Å². The Bertz CT molecular complexity index is 427. The van der Waals surface area contributed by atoms with Gasteiger partial charge in [-0.15, -0.1) is 0 Å². The lowest BCUT2D eigenvalue weighted by Crippen LogP contribution is -2.03. The van der Waals surface area contributed by atoms with E-state index >= 15 is 0 Å². The van der Waals surface area contributed by atoms with Gasteiger partial charge in [-0.1, -0.05) is 42.8 Å². The lowest BCUT2D eigenvalue weighted by molar-refractivity contribution is 0.622. The van der Waals surface area contributed by atoms with Gasteiger partial charge >= 0.3 is 0 Å². The van der Waals surface area contributed by atoms with Crippen molar-refractivity contribution in [2.24, 2.45) is 5.92 Å². The van der Waals surface area contributed by atoms with E-state index in [9.17, 15) is 4.39 Å². The molecule has 0 amide bonds. The van der Waals surface area contributed by atoms with Crippen LogP contribution in [0.4, 0.5) is 4.39 Å². The Morgan fingerprint density at radius 1 is 1.27 bits per heavy atom. The molecule has 1 heteroatoms. The maximum atomic E-state index is 13.6. The molecule has 0 N–H and O–H groups in total. The summed E-state index contributed by atoms with van der Waals surface area (Å²) in [5, 5.41) is 0. The number of hydrogen-bond donors (Lipinski definition) is 0. The van der Waals surface area contributed by atoms with Crippen LogP contribution in [0.3, 0.4) is 0 Å². The monoisotopic (exact) mass is 202 g/mol. The van der Waals surface area contributed by atoms with Crippen LogP contribution in [0, 0.1) is 11.7 Å². The molecule has 1 aromatic carbocycles. The Labute approximate surface area is 90.1 Å². The molecular formula is C14H15F. The van der Waals surface area contributed by atoms with Crippen LogP contribution < -0.4 is 0 Å². The summed E-state index contributed by atoms with van der Waals surface area (Å²) in [4.78, 5) is 0. The van der Waals surface area contributed by atoms with E-state index in [-0.39, 0.29) is 5.82 Å². The molecule has 0 radical (unpaired) electrons. The van der Waals surface area contributed by atoms with Gasteiger partial charge in [0.15, 0.2) is 0 Å². The van der Waals surface area contributed by atoms with Gasteiger partial charge in [-0.05, 0) is 30.9 Å². The molecule has 0 nitrogen and oxygen atoms in total. The molecule has 78 valence electrons. The second-order valence-electron chi connectivity index (χ2n) is 4.12. The highest BCUT2D eigenvalue weighted by Crippen LogP contribution is 2.31. The molecule has 1 aliphatic carbocycles. The van der Waals surface area contributed by atoms with Crippen LogP contribution in [0.1, 0.15) is 25.8 Å². The Morgan fingerprint density at radius 2 is 2.00 bits per heavy atom. The summed E-state index contributed by atoms with van der Waals surface area (Å²) < 4.78 is 13.6. The molecule has 0 aliphatic heterocycles. The fourth-order valence-corrected chi connectivity index (χ4v) is 1.95. The topological polar surface area (TPSA) is 0 Å². The molecule has 2 rings (SSSR count). The zero-order valence-electron chi connectivity index (χ0n) is 9.13. The first-order chi connectivity index (χ1) is 7.20. The van der Waals surface area contributed by atoms with Gasteiger partial charge in [0, 0.05) is 5.56 Å². The third kappa shape index (κ3) is 1.87. The number of allylic oxidation sites excluding steroid dienone is 4. The molecule has 0 saturated heterocycles. The minimum atomic E-state index is -0.134. The largest absolute Gasteiger partial charge is 0.206 e. The van der Waals surface area contributed by atoms with Crippen LogP contribution in [-0.2, 0) is 0 Å². The summed E-state index contributed by atoms with van der Waals surface area (Å²) >= 11 is 0. The predicted molar refractivity (Wildman–Crippen MR) is 61.9 cm³/mol. The van der Waals surface area contributed by atoms with E-state index in [1.165, 1.54) is 11.6 Å². The van der Waals surface area contributed by atoms with E-state index in [1.54, 1.807) is 6.07 Å². The summed E-state index contributed by atoms with van der Waals surface area (Å²) in [7, 11) is 0. The quantitative estimate of drug-likeness (QED) is 0.640. The van der Waals surface area contributed by atoms with Gasteiger partial charge in [-0.25, -0.2) is 4.39 Å². The van der Waals surface area contributed by atoms with E-state index < -0.39 is 0 Å². The van der Waals surface area contributed by atoms with Gasteiger partial charge in [0.1, 0.15) is 5.82 Å². The van der Waals surface area contributed by atoms with Crippen LogP contribution >= 0.6 is 0 Å². The minimum absolute atomic E-state index is 0.134. The minimum Gasteiger partial charge on any atom is -0.206 e. The normalized spacial score (nSPS) is 20.9. The van der Waals surface area contributed by atoms with Crippen molar-refractivity contribution in [1.82, 2.24) is 0 Å². The fraction of sp³-hybridized carbons (Fsp3) is 0.286. The summed E-state index contributed by atoms with van der Waals surface area (Å²) in [6, 6.07) is 6.97. The molecule has 15 heavy (non-hydrogen) atoms. The highest BCUT2D eigenvalue weighted by molar-refractivity contribution is 5.77. The first-order valence-corrected chi connectivity index (χ1v) is 5.32. The van der Waals surface area contributed by atoms with E-state index in [4.69, 9.17) is 0 Å². The summed E-state index contributed by atoms with van der Waals surface area (Å²) in [6.07, 6.45) is 5.22. The second-order valence-corrected chi connectivity index (χ2v) is 4.12. The number of hydrogen-bond acceptors (Lipinski definition) is 0. The maximum Gasteiger partial charge on any atom is 0.131 e. The van der Waals surface area contributed by atoms with Gasteiger partial charge in [0.25, 0.3) is 0 Å². The van der Waals surface area contributed by atoms with E-state index in [0.717, 1.165) is 17.6 Å². The maximum absolute atomic E-state index is 13.6. The van der Waals surface area contributed by atoms with Gasteiger partial charge in [0.05, 0.1) is 0 Å². The zero-order chi connectivity index (χ0) is 10.8. The van der Waals surface area contributed by atoms with Crippen LogP contribution in [0.25, 0.3) is 5.57 Å². The number of rotatable bonds is 1. The Kier molecular flexibility index (Phi) is 2.72. The third-order valence-corrected chi connectivity index (χ3v) is 3.10. The van der Waals surface area contributed by atoms with Gasteiger partial charge in [-0.2, -0.15) is 0 Å². The van der Waals surface area contributed by atoms with Crippen molar-refractivity contribution in [2.75, 3.05) is 0 Å². The van der Waals surface area contributed by atoms with Crippen LogP contribution in [0.15, 0.2) is 42.0 Å². The SMILES string of the molecule is CC1=C(c2ccccc2F)C=CC[C@H]1C. The van der Waals surface area contributed by atoms with E-state index in [2.05, 4.69) is 19.9 Å². The molecule has 1 aliphatic rings. The second kappa shape index (κ2) is 4.01. The van der Waals surface area contributed by atoms with Crippen LogP contribution in [-0.4, -0.2) is 0 Å². The van der Waals surface area contributed by atoms with Crippen LogP contribution in [0.2, 0.25) is 0 Å². The summed E-state index contributed by atoms with van der Waals surface area (Å²) in [5.74, 6) is 0.384. The first kappa shape index (κ1) is 10.2. The summed E-state index contributed by atoms with van der Waals surface area (Å²) in [6.45, 7) is 4.27. The van der Waals surface area contributed by atoms with Crippen molar-refractivity contribution in [3.05, 3.63) is 53.4 Å². The Balaban J connectivity index is 2.52. The van der Waals surface area contributed by atoms with Crippen molar-refractivity contribution in [1.29, 1.82) is 0 Å². The number of halogens is 1. The fourth-order valence-electron chi connectivity index (χ4n) is 1.95. The summed E-state index contributed by atoms with van der Waals surface area (Å²) in [5.41, 5.74) is 3.05. The average Bonchev–Trinajstić information content (AvgIpc) is 2.23. The Morgan fingerprint density at radius 3 is 2.73 bits per heavy atom. The molecule has 0 fully saturated rings. The standard InChI is InChI=1S/C14H15F/c1-10-6-5-8-12(11(10)2)13-7-3-4-9-14(13)15/h3-5,7-10H,6H2,1-2H3/t10-/m1/s1. The molecule has 1 atom stereocenters. The Hall–Kier alpha value is -1.37. The van der Waals surface area contributed by atoms with E-state index in [0.29, 0.717) is 5.92 Å². The molecule has 0 heterocycles. The molecule has 0 spiro atoms. The first-order valence-electron chi connectivity index (χ1n) is 5.32. The van der Waals surface area contributed by atoms with Crippen LogP contribution in [0.5, 0.6) is 0 Å². The lowest BCUT2D eigenvalue weighted by atomic mass is 9.86. The smallest absolute Gasteiger partial charge is 0.131 e. The average molecular weight is 202 g/mol. The third-order valence-electron chi connectivity index (χ3n) is 3.10. The highest BCUT2D eigenvalue weighted by atomic mass is 19.1. The van der Waals surface area contributed by atoms with Crippen molar-refractivity contribution in [3.63, 3.8) is 0 Å². The molecule has 0 bridgehead atoms. The van der Waals surface area contributed by atoms with Crippen molar-refractivity contribution < 1.29 is 4.39 Å². The zero-order valence-corrected chi connectivity index (χ0v) is 9.13. The molecule has 0 saturated carbocycles. The molecule has 0 unspecified atom stereocenters.